The van der Waals surface area contributed by atoms with E-state index in [0.717, 1.165) is 6.07 Å². The first-order valence-electron chi connectivity index (χ1n) is 10.9. The molecule has 3 heterocycles. The Hall–Kier alpha value is -2.45. The Morgan fingerprint density at radius 3 is 2.25 bits per heavy atom. The highest BCUT2D eigenvalue weighted by Crippen LogP contribution is 2.48. The molecule has 32 heavy (non-hydrogen) atoms. The van der Waals surface area contributed by atoms with Crippen LogP contribution in [0.4, 0.5) is 17.6 Å². The van der Waals surface area contributed by atoms with E-state index in [4.69, 9.17) is 4.74 Å². The van der Waals surface area contributed by atoms with Crippen LogP contribution in [0.25, 0.3) is 0 Å². The third kappa shape index (κ3) is 3.59. The lowest BCUT2D eigenvalue weighted by Gasteiger charge is -2.41. The Labute approximate surface area is 183 Å². The van der Waals surface area contributed by atoms with Crippen LogP contribution in [0.3, 0.4) is 0 Å². The van der Waals surface area contributed by atoms with Gasteiger partial charge in [0.05, 0.1) is 12.1 Å². The second-order valence-electron chi connectivity index (χ2n) is 8.80. The minimum atomic E-state index is -2.55. The van der Waals surface area contributed by atoms with Gasteiger partial charge in [0, 0.05) is 19.2 Å². The summed E-state index contributed by atoms with van der Waals surface area (Å²) in [5, 5.41) is 0. The minimum absolute atomic E-state index is 0.206. The van der Waals surface area contributed by atoms with Gasteiger partial charge in [-0.2, -0.15) is 0 Å². The molecule has 1 spiro atoms. The van der Waals surface area contributed by atoms with Gasteiger partial charge in [-0.15, -0.1) is 0 Å². The normalized spacial score (nSPS) is 26.2. The molecule has 0 saturated carbocycles. The van der Waals surface area contributed by atoms with Gasteiger partial charge in [0.1, 0.15) is 17.9 Å². The molecule has 2 aromatic rings. The molecule has 3 saturated heterocycles. The van der Waals surface area contributed by atoms with Gasteiger partial charge in [-0.25, -0.2) is 17.6 Å². The number of carbonyl (C=O) groups is 1. The number of benzene rings is 2. The van der Waals surface area contributed by atoms with Crippen molar-refractivity contribution in [2.45, 2.75) is 56.0 Å². The molecule has 0 N–H and O–H groups in total. The minimum Gasteiger partial charge on any atom is -0.342 e. The number of likely N-dealkylation sites (tertiary alicyclic amines) is 1. The molecule has 3 fully saturated rings. The van der Waals surface area contributed by atoms with E-state index in [1.165, 1.54) is 12.1 Å². The molecular weight excluding hydrogens is 424 g/mol. The fraction of sp³-hybridized carbons (Fsp3) is 0.458. The van der Waals surface area contributed by atoms with Crippen molar-refractivity contribution in [3.63, 3.8) is 0 Å². The van der Waals surface area contributed by atoms with Gasteiger partial charge in [-0.1, -0.05) is 30.3 Å². The van der Waals surface area contributed by atoms with Gasteiger partial charge in [-0.3, -0.25) is 9.69 Å². The van der Waals surface area contributed by atoms with Gasteiger partial charge in [0.2, 0.25) is 0 Å². The molecule has 170 valence electrons. The Kier molecular flexibility index (Phi) is 5.45. The van der Waals surface area contributed by atoms with Crippen LogP contribution in [-0.4, -0.2) is 47.1 Å². The number of alkyl halides is 2. The Balaban J connectivity index is 1.33. The average Bonchev–Trinajstić information content (AvgIpc) is 3.28. The fourth-order valence-electron chi connectivity index (χ4n) is 5.47. The first-order valence-corrected chi connectivity index (χ1v) is 10.9. The van der Waals surface area contributed by atoms with E-state index < -0.39 is 42.0 Å². The molecule has 5 rings (SSSR count). The van der Waals surface area contributed by atoms with Crippen molar-refractivity contribution in [1.29, 1.82) is 0 Å². The van der Waals surface area contributed by atoms with Crippen LogP contribution in [-0.2, 0) is 9.53 Å². The molecule has 3 aliphatic heterocycles. The SMILES string of the molecule is O=C1N2C(CCC2c2cc(F)cc(F)c2)OC12CCN(C(c1ccccc1)C(F)F)CC2. The number of ether oxygens (including phenoxy) is 1. The third-order valence-corrected chi connectivity index (χ3v) is 6.97. The second-order valence-corrected chi connectivity index (χ2v) is 8.80. The second kappa shape index (κ2) is 8.15. The van der Waals surface area contributed by atoms with E-state index >= 15 is 0 Å². The van der Waals surface area contributed by atoms with E-state index in [0.29, 0.717) is 49.9 Å². The zero-order chi connectivity index (χ0) is 22.5. The van der Waals surface area contributed by atoms with Gasteiger partial charge < -0.3 is 9.64 Å². The molecule has 2 aromatic carbocycles. The van der Waals surface area contributed by atoms with E-state index in [-0.39, 0.29) is 5.91 Å². The van der Waals surface area contributed by atoms with Gasteiger partial charge in [-0.05, 0) is 48.9 Å². The number of halogens is 4. The number of amides is 1. The van der Waals surface area contributed by atoms with Gasteiger partial charge >= 0.3 is 0 Å². The number of hydrogen-bond acceptors (Lipinski definition) is 3. The van der Waals surface area contributed by atoms with E-state index in [9.17, 15) is 22.4 Å². The highest BCUT2D eigenvalue weighted by molar-refractivity contribution is 5.88. The van der Waals surface area contributed by atoms with Gasteiger partial charge in [0.15, 0.2) is 5.60 Å². The molecule has 3 unspecified atom stereocenters. The van der Waals surface area contributed by atoms with Crippen LogP contribution in [0.1, 0.15) is 48.9 Å². The molecule has 3 atom stereocenters. The van der Waals surface area contributed by atoms with E-state index in [2.05, 4.69) is 0 Å². The maximum absolute atomic E-state index is 13.9. The summed E-state index contributed by atoms with van der Waals surface area (Å²) in [6.07, 6.45) is -1.27. The number of carbonyl (C=O) groups excluding carboxylic acids is 1. The number of piperidine rings is 1. The van der Waals surface area contributed by atoms with E-state index in [1.54, 1.807) is 40.1 Å². The van der Waals surface area contributed by atoms with Crippen molar-refractivity contribution >= 4 is 5.91 Å². The van der Waals surface area contributed by atoms with Crippen LogP contribution in [0.5, 0.6) is 0 Å². The molecule has 0 bridgehead atoms. The van der Waals surface area contributed by atoms with Crippen LogP contribution in [0, 0.1) is 11.6 Å². The standard InChI is InChI=1S/C24H24F4N2O2/c25-17-12-16(13-18(26)14-17)19-6-7-20-30(19)23(31)24(32-20)8-10-29(11-9-24)21(22(27)28)15-4-2-1-3-5-15/h1-5,12-14,19-22H,6-11H2. The maximum Gasteiger partial charge on any atom is 0.258 e. The molecule has 0 aromatic heterocycles. The lowest BCUT2D eigenvalue weighted by atomic mass is 9.88. The van der Waals surface area contributed by atoms with Crippen LogP contribution >= 0.6 is 0 Å². The number of rotatable bonds is 4. The van der Waals surface area contributed by atoms with Crippen molar-refractivity contribution in [2.75, 3.05) is 13.1 Å². The molecule has 0 aliphatic carbocycles. The summed E-state index contributed by atoms with van der Waals surface area (Å²) in [6, 6.07) is 10.5. The Morgan fingerprint density at radius 1 is 0.969 bits per heavy atom. The van der Waals surface area contributed by atoms with Gasteiger partial charge in [0.25, 0.3) is 12.3 Å². The summed E-state index contributed by atoms with van der Waals surface area (Å²) in [5.41, 5.74) is -0.0982. The number of hydrogen-bond donors (Lipinski definition) is 0. The molecule has 1 amide bonds. The van der Waals surface area contributed by atoms with Crippen LogP contribution in [0.15, 0.2) is 48.5 Å². The third-order valence-electron chi connectivity index (χ3n) is 6.97. The van der Waals surface area contributed by atoms with Crippen molar-refractivity contribution < 1.29 is 27.1 Å². The quantitative estimate of drug-likeness (QED) is 0.629. The highest BCUT2D eigenvalue weighted by atomic mass is 19.3. The predicted molar refractivity (Wildman–Crippen MR) is 109 cm³/mol. The topological polar surface area (TPSA) is 32.8 Å². The van der Waals surface area contributed by atoms with Crippen LogP contribution in [0.2, 0.25) is 0 Å². The smallest absolute Gasteiger partial charge is 0.258 e. The fourth-order valence-corrected chi connectivity index (χ4v) is 5.47. The number of fused-ring (bicyclic) bond motifs is 1. The average molecular weight is 448 g/mol. The zero-order valence-electron chi connectivity index (χ0n) is 17.4. The largest absolute Gasteiger partial charge is 0.342 e. The molecular formula is C24H24F4N2O2. The predicted octanol–water partition coefficient (Wildman–Crippen LogP) is 4.83. The van der Waals surface area contributed by atoms with Crippen molar-refractivity contribution in [1.82, 2.24) is 9.80 Å². The summed E-state index contributed by atoms with van der Waals surface area (Å²) in [6.45, 7) is 0.602. The van der Waals surface area contributed by atoms with Crippen molar-refractivity contribution in [3.05, 3.63) is 71.3 Å². The summed E-state index contributed by atoms with van der Waals surface area (Å²) in [5.74, 6) is -1.57. The summed E-state index contributed by atoms with van der Waals surface area (Å²) >= 11 is 0. The van der Waals surface area contributed by atoms with E-state index in [1.807, 2.05) is 0 Å². The summed E-state index contributed by atoms with van der Waals surface area (Å²) < 4.78 is 61.5. The lowest BCUT2D eigenvalue weighted by molar-refractivity contribution is -0.145. The lowest BCUT2D eigenvalue weighted by Crippen LogP contribution is -2.51. The Bertz CT molecular complexity index is 974. The molecule has 4 nitrogen and oxygen atoms in total. The summed E-state index contributed by atoms with van der Waals surface area (Å²) in [7, 11) is 0. The summed E-state index contributed by atoms with van der Waals surface area (Å²) in [4.78, 5) is 16.8. The molecule has 0 radical (unpaired) electrons. The highest BCUT2D eigenvalue weighted by Gasteiger charge is 2.58. The molecule has 3 aliphatic rings. The first kappa shape index (κ1) is 21.4. The first-order chi connectivity index (χ1) is 15.4. The van der Waals surface area contributed by atoms with Crippen molar-refractivity contribution in [2.24, 2.45) is 0 Å². The maximum atomic E-state index is 13.9. The van der Waals surface area contributed by atoms with Crippen LogP contribution < -0.4 is 0 Å². The van der Waals surface area contributed by atoms with Crippen molar-refractivity contribution in [3.8, 4) is 0 Å². The number of nitrogens with zero attached hydrogens (tertiary/aromatic N) is 2. The zero-order valence-corrected chi connectivity index (χ0v) is 17.4. The Morgan fingerprint density at radius 2 is 1.62 bits per heavy atom. The molecule has 8 heteroatoms. The monoisotopic (exact) mass is 448 g/mol.